The van der Waals surface area contributed by atoms with Crippen molar-refractivity contribution in [3.05, 3.63) is 0 Å². The van der Waals surface area contributed by atoms with E-state index in [0.717, 1.165) is 32.8 Å². The first-order chi connectivity index (χ1) is 6.83. The summed E-state index contributed by atoms with van der Waals surface area (Å²) in [6, 6.07) is 0. The van der Waals surface area contributed by atoms with Gasteiger partial charge in [0.1, 0.15) is 0 Å². The molecule has 0 amide bonds. The zero-order valence-corrected chi connectivity index (χ0v) is 9.57. The highest BCUT2D eigenvalue weighted by molar-refractivity contribution is 4.90. The SMILES string of the molecule is C1CC2(CCN1)CNCCO2.CCC. The van der Waals surface area contributed by atoms with Crippen molar-refractivity contribution in [1.29, 1.82) is 0 Å². The smallest absolute Gasteiger partial charge is 0.0831 e. The molecule has 2 aliphatic rings. The fourth-order valence-corrected chi connectivity index (χ4v) is 1.91. The van der Waals surface area contributed by atoms with Gasteiger partial charge in [0.05, 0.1) is 12.2 Å². The summed E-state index contributed by atoms with van der Waals surface area (Å²) in [5, 5.41) is 6.74. The van der Waals surface area contributed by atoms with Crippen LogP contribution >= 0.6 is 0 Å². The molecule has 2 heterocycles. The lowest BCUT2D eigenvalue weighted by Crippen LogP contribution is -2.54. The van der Waals surface area contributed by atoms with E-state index in [4.69, 9.17) is 4.74 Å². The van der Waals surface area contributed by atoms with Crippen LogP contribution < -0.4 is 10.6 Å². The molecule has 0 aromatic heterocycles. The Kier molecular flexibility index (Phi) is 5.45. The van der Waals surface area contributed by atoms with Gasteiger partial charge in [0.2, 0.25) is 0 Å². The van der Waals surface area contributed by atoms with Gasteiger partial charge in [-0.15, -0.1) is 0 Å². The summed E-state index contributed by atoms with van der Waals surface area (Å²) in [5.41, 5.74) is 0.184. The third-order valence-electron chi connectivity index (χ3n) is 2.65. The molecule has 0 bridgehead atoms. The van der Waals surface area contributed by atoms with Crippen LogP contribution in [0.4, 0.5) is 0 Å². The van der Waals surface area contributed by atoms with Gasteiger partial charge in [0.15, 0.2) is 0 Å². The molecule has 2 fully saturated rings. The first-order valence-corrected chi connectivity index (χ1v) is 5.88. The Hall–Kier alpha value is -0.120. The summed E-state index contributed by atoms with van der Waals surface area (Å²) in [4.78, 5) is 0. The van der Waals surface area contributed by atoms with Crippen molar-refractivity contribution in [2.24, 2.45) is 0 Å². The van der Waals surface area contributed by atoms with E-state index in [2.05, 4.69) is 24.5 Å². The molecule has 0 aromatic carbocycles. The minimum atomic E-state index is 0.184. The quantitative estimate of drug-likeness (QED) is 0.615. The van der Waals surface area contributed by atoms with Gasteiger partial charge in [-0.05, 0) is 25.9 Å². The Bertz CT molecular complexity index is 119. The average Bonchev–Trinajstić information content (AvgIpc) is 2.21. The van der Waals surface area contributed by atoms with Gasteiger partial charge in [0, 0.05) is 13.1 Å². The van der Waals surface area contributed by atoms with Crippen molar-refractivity contribution in [3.8, 4) is 0 Å². The van der Waals surface area contributed by atoms with Crippen LogP contribution in [0, 0.1) is 0 Å². The normalized spacial score (nSPS) is 25.3. The number of morpholine rings is 1. The lowest BCUT2D eigenvalue weighted by atomic mass is 9.91. The number of ether oxygens (including phenoxy) is 1. The second-order valence-electron chi connectivity index (χ2n) is 4.17. The van der Waals surface area contributed by atoms with E-state index in [9.17, 15) is 0 Å². The molecule has 1 spiro atoms. The van der Waals surface area contributed by atoms with E-state index >= 15 is 0 Å². The number of rotatable bonds is 0. The van der Waals surface area contributed by atoms with Crippen LogP contribution in [0.15, 0.2) is 0 Å². The fourth-order valence-electron chi connectivity index (χ4n) is 1.91. The Morgan fingerprint density at radius 1 is 1.07 bits per heavy atom. The number of piperidine rings is 1. The maximum atomic E-state index is 5.80. The minimum Gasteiger partial charge on any atom is -0.372 e. The number of nitrogens with one attached hydrogen (secondary N) is 2. The molecule has 2 rings (SSSR count). The van der Waals surface area contributed by atoms with E-state index in [0.29, 0.717) is 0 Å². The molecule has 14 heavy (non-hydrogen) atoms. The van der Waals surface area contributed by atoms with E-state index in [1.54, 1.807) is 0 Å². The highest BCUT2D eigenvalue weighted by atomic mass is 16.5. The molecule has 0 atom stereocenters. The van der Waals surface area contributed by atoms with Crippen molar-refractivity contribution in [2.75, 3.05) is 32.8 Å². The molecule has 84 valence electrons. The molecule has 3 heteroatoms. The molecular formula is C11H24N2O. The summed E-state index contributed by atoms with van der Waals surface area (Å²) >= 11 is 0. The highest BCUT2D eigenvalue weighted by Crippen LogP contribution is 2.23. The minimum absolute atomic E-state index is 0.184. The van der Waals surface area contributed by atoms with Gasteiger partial charge >= 0.3 is 0 Å². The third kappa shape index (κ3) is 3.56. The fraction of sp³-hybridized carbons (Fsp3) is 1.00. The summed E-state index contributed by atoms with van der Waals surface area (Å²) < 4.78 is 5.80. The molecule has 0 aromatic rings. The van der Waals surface area contributed by atoms with Crippen LogP contribution in [0.3, 0.4) is 0 Å². The molecule has 2 N–H and O–H groups in total. The maximum Gasteiger partial charge on any atom is 0.0831 e. The molecule has 0 radical (unpaired) electrons. The van der Waals surface area contributed by atoms with Crippen molar-refractivity contribution >= 4 is 0 Å². The summed E-state index contributed by atoms with van der Waals surface area (Å²) in [6.07, 6.45) is 3.58. The van der Waals surface area contributed by atoms with Crippen LogP contribution in [0.1, 0.15) is 33.1 Å². The second kappa shape index (κ2) is 6.38. The summed E-state index contributed by atoms with van der Waals surface area (Å²) in [6.45, 7) is 9.44. The van der Waals surface area contributed by atoms with E-state index in [1.165, 1.54) is 19.3 Å². The van der Waals surface area contributed by atoms with Crippen LogP contribution in [0.5, 0.6) is 0 Å². The molecule has 2 saturated heterocycles. The standard InChI is InChI=1S/C8H16N2O.C3H8/c1-3-9-4-2-8(1)7-10-5-6-11-8;1-3-2/h9-10H,1-7H2;3H2,1-2H3. The van der Waals surface area contributed by atoms with Gasteiger partial charge in [-0.25, -0.2) is 0 Å². The van der Waals surface area contributed by atoms with Crippen molar-refractivity contribution in [2.45, 2.75) is 38.7 Å². The van der Waals surface area contributed by atoms with E-state index in [-0.39, 0.29) is 5.60 Å². The summed E-state index contributed by atoms with van der Waals surface area (Å²) in [5.74, 6) is 0. The van der Waals surface area contributed by atoms with Gasteiger partial charge in [-0.2, -0.15) is 0 Å². The predicted molar refractivity (Wildman–Crippen MR) is 59.6 cm³/mol. The third-order valence-corrected chi connectivity index (χ3v) is 2.65. The molecular weight excluding hydrogens is 176 g/mol. The Labute approximate surface area is 87.6 Å². The first-order valence-electron chi connectivity index (χ1n) is 5.88. The lowest BCUT2D eigenvalue weighted by Gasteiger charge is -2.40. The molecule has 2 aliphatic heterocycles. The largest absolute Gasteiger partial charge is 0.372 e. The average molecular weight is 200 g/mol. The Morgan fingerprint density at radius 3 is 2.21 bits per heavy atom. The topological polar surface area (TPSA) is 33.3 Å². The molecule has 0 aliphatic carbocycles. The lowest BCUT2D eigenvalue weighted by molar-refractivity contribution is -0.0832. The molecule has 0 saturated carbocycles. The monoisotopic (exact) mass is 200 g/mol. The van der Waals surface area contributed by atoms with Crippen molar-refractivity contribution in [1.82, 2.24) is 10.6 Å². The Balaban J connectivity index is 0.000000293. The van der Waals surface area contributed by atoms with Crippen LogP contribution in [-0.2, 0) is 4.74 Å². The zero-order valence-electron chi connectivity index (χ0n) is 9.57. The summed E-state index contributed by atoms with van der Waals surface area (Å²) in [7, 11) is 0. The maximum absolute atomic E-state index is 5.80. The number of hydrogen-bond acceptors (Lipinski definition) is 3. The van der Waals surface area contributed by atoms with Crippen LogP contribution in [-0.4, -0.2) is 38.4 Å². The highest BCUT2D eigenvalue weighted by Gasteiger charge is 2.34. The predicted octanol–water partition coefficient (Wildman–Crippen LogP) is 1.14. The second-order valence-corrected chi connectivity index (χ2v) is 4.17. The van der Waals surface area contributed by atoms with Crippen LogP contribution in [0.25, 0.3) is 0 Å². The van der Waals surface area contributed by atoms with Gasteiger partial charge in [0.25, 0.3) is 0 Å². The Morgan fingerprint density at radius 2 is 1.71 bits per heavy atom. The van der Waals surface area contributed by atoms with E-state index < -0.39 is 0 Å². The van der Waals surface area contributed by atoms with E-state index in [1.807, 2.05) is 0 Å². The molecule has 0 unspecified atom stereocenters. The van der Waals surface area contributed by atoms with Crippen molar-refractivity contribution in [3.63, 3.8) is 0 Å². The number of hydrogen-bond donors (Lipinski definition) is 2. The zero-order chi connectivity index (χ0) is 10.3. The first kappa shape index (κ1) is 12.0. The van der Waals surface area contributed by atoms with Gasteiger partial charge in [-0.1, -0.05) is 20.3 Å². The van der Waals surface area contributed by atoms with Gasteiger partial charge < -0.3 is 15.4 Å². The molecule has 3 nitrogen and oxygen atoms in total. The van der Waals surface area contributed by atoms with Gasteiger partial charge in [-0.3, -0.25) is 0 Å². The van der Waals surface area contributed by atoms with Crippen molar-refractivity contribution < 1.29 is 4.74 Å². The van der Waals surface area contributed by atoms with Crippen LogP contribution in [0.2, 0.25) is 0 Å².